The molecule has 0 saturated heterocycles. The molecule has 0 bridgehead atoms. The van der Waals surface area contributed by atoms with Crippen molar-refractivity contribution >= 4 is 44.8 Å². The van der Waals surface area contributed by atoms with E-state index in [1.165, 1.54) is 34.6 Å². The van der Waals surface area contributed by atoms with E-state index in [1.54, 1.807) is 13.8 Å². The van der Waals surface area contributed by atoms with Gasteiger partial charge in [-0.1, -0.05) is 37.0 Å². The van der Waals surface area contributed by atoms with Gasteiger partial charge in [-0.2, -0.15) is 4.31 Å². The Bertz CT molecular complexity index is 1040. The van der Waals surface area contributed by atoms with Gasteiger partial charge in [0, 0.05) is 18.7 Å². The van der Waals surface area contributed by atoms with Gasteiger partial charge in [0.2, 0.25) is 10.0 Å². The van der Waals surface area contributed by atoms with Crippen LogP contribution >= 0.6 is 23.2 Å². The number of nitrogens with one attached hydrogen (secondary N) is 1. The minimum atomic E-state index is -3.69. The number of amides is 1. The van der Waals surface area contributed by atoms with Crippen LogP contribution in [-0.4, -0.2) is 44.9 Å². The first-order chi connectivity index (χ1) is 13.8. The number of carbonyl (C=O) groups is 1. The second kappa shape index (κ2) is 8.79. The van der Waals surface area contributed by atoms with Gasteiger partial charge in [0.15, 0.2) is 11.5 Å². The molecule has 29 heavy (non-hydrogen) atoms. The maximum Gasteiger partial charge on any atom is 0.255 e. The Morgan fingerprint density at radius 2 is 1.76 bits per heavy atom. The first kappa shape index (κ1) is 21.7. The Balaban J connectivity index is 1.91. The van der Waals surface area contributed by atoms with Crippen LogP contribution in [0.2, 0.25) is 10.0 Å². The van der Waals surface area contributed by atoms with Gasteiger partial charge < -0.3 is 14.8 Å². The summed E-state index contributed by atoms with van der Waals surface area (Å²) in [5.41, 5.74) is 0.406. The highest BCUT2D eigenvalue weighted by molar-refractivity contribution is 7.89. The fraction of sp³-hybridized carbons (Fsp3) is 0.316. The summed E-state index contributed by atoms with van der Waals surface area (Å²) in [6.45, 7) is 4.90. The molecule has 10 heteroatoms. The van der Waals surface area contributed by atoms with Crippen LogP contribution in [0.15, 0.2) is 35.2 Å². The number of carbonyl (C=O) groups excluding carboxylic acids is 1. The lowest BCUT2D eigenvalue weighted by Gasteiger charge is -2.20. The summed E-state index contributed by atoms with van der Waals surface area (Å²) in [4.78, 5) is 12.8. The molecule has 0 aliphatic carbocycles. The molecule has 156 valence electrons. The first-order valence-electron chi connectivity index (χ1n) is 8.98. The summed E-state index contributed by atoms with van der Waals surface area (Å²) in [7, 11) is -3.69. The number of anilines is 1. The van der Waals surface area contributed by atoms with Gasteiger partial charge >= 0.3 is 0 Å². The zero-order chi connectivity index (χ0) is 21.2. The summed E-state index contributed by atoms with van der Waals surface area (Å²) in [5, 5.41) is 3.09. The molecule has 2 aromatic carbocycles. The lowest BCUT2D eigenvalue weighted by molar-refractivity contribution is 0.102. The molecule has 1 aliphatic heterocycles. The molecule has 1 aliphatic rings. The Labute approximate surface area is 179 Å². The van der Waals surface area contributed by atoms with Gasteiger partial charge in [-0.15, -0.1) is 0 Å². The normalized spacial score (nSPS) is 13.4. The van der Waals surface area contributed by atoms with Crippen molar-refractivity contribution in [2.24, 2.45) is 0 Å². The van der Waals surface area contributed by atoms with E-state index in [1.807, 2.05) is 0 Å². The van der Waals surface area contributed by atoms with Crippen molar-refractivity contribution in [1.82, 2.24) is 4.31 Å². The summed E-state index contributed by atoms with van der Waals surface area (Å²) < 4.78 is 37.7. The van der Waals surface area contributed by atoms with E-state index in [0.717, 1.165) is 0 Å². The first-order valence-corrected chi connectivity index (χ1v) is 11.2. The number of rotatable bonds is 6. The molecular weight excluding hydrogens is 439 g/mol. The summed E-state index contributed by atoms with van der Waals surface area (Å²) in [5.74, 6) is 0.251. The van der Waals surface area contributed by atoms with Crippen molar-refractivity contribution < 1.29 is 22.7 Å². The molecular formula is C19H20Cl2N2O5S. The Kier molecular flexibility index (Phi) is 6.58. The molecule has 1 N–H and O–H groups in total. The van der Waals surface area contributed by atoms with Crippen LogP contribution in [0.4, 0.5) is 5.69 Å². The van der Waals surface area contributed by atoms with Gasteiger partial charge in [-0.05, 0) is 30.3 Å². The third kappa shape index (κ3) is 4.45. The zero-order valence-corrected chi connectivity index (χ0v) is 18.2. The minimum Gasteiger partial charge on any atom is -0.486 e. The molecule has 0 spiro atoms. The van der Waals surface area contributed by atoms with E-state index in [-0.39, 0.29) is 26.2 Å². The predicted octanol–water partition coefficient (Wildman–Crippen LogP) is 4.05. The van der Waals surface area contributed by atoms with Crippen LogP contribution in [-0.2, 0) is 10.0 Å². The third-order valence-corrected chi connectivity index (χ3v) is 7.04. The van der Waals surface area contributed by atoms with Crippen molar-refractivity contribution in [2.45, 2.75) is 18.7 Å². The number of ether oxygens (including phenoxy) is 2. The fourth-order valence-corrected chi connectivity index (χ4v) is 4.82. The van der Waals surface area contributed by atoms with Crippen LogP contribution in [0.25, 0.3) is 0 Å². The monoisotopic (exact) mass is 458 g/mol. The lowest BCUT2D eigenvalue weighted by Crippen LogP contribution is -2.30. The van der Waals surface area contributed by atoms with Gasteiger partial charge in [0.1, 0.15) is 13.2 Å². The van der Waals surface area contributed by atoms with E-state index in [4.69, 9.17) is 32.7 Å². The largest absolute Gasteiger partial charge is 0.486 e. The molecule has 0 fully saturated rings. The molecule has 2 aromatic rings. The molecule has 0 aromatic heterocycles. The zero-order valence-electron chi connectivity index (χ0n) is 15.9. The number of halogens is 2. The fourth-order valence-electron chi connectivity index (χ4n) is 2.91. The minimum absolute atomic E-state index is 0.0427. The molecule has 0 unspecified atom stereocenters. The third-order valence-electron chi connectivity index (χ3n) is 4.39. The number of fused-ring (bicyclic) bond motifs is 1. The summed E-state index contributed by atoms with van der Waals surface area (Å²) in [6, 6.07) is 7.15. The smallest absolute Gasteiger partial charge is 0.255 e. The topological polar surface area (TPSA) is 84.9 Å². The number of nitrogens with zero attached hydrogens (tertiary/aromatic N) is 1. The van der Waals surface area contributed by atoms with E-state index in [9.17, 15) is 13.2 Å². The highest BCUT2D eigenvalue weighted by Gasteiger charge is 2.24. The molecule has 7 nitrogen and oxygen atoms in total. The summed E-state index contributed by atoms with van der Waals surface area (Å²) >= 11 is 12.4. The van der Waals surface area contributed by atoms with Crippen LogP contribution in [0.3, 0.4) is 0 Å². The van der Waals surface area contributed by atoms with Crippen molar-refractivity contribution in [3.63, 3.8) is 0 Å². The molecule has 0 saturated carbocycles. The van der Waals surface area contributed by atoms with Crippen LogP contribution in [0.5, 0.6) is 11.5 Å². The van der Waals surface area contributed by atoms with Crippen LogP contribution in [0.1, 0.15) is 24.2 Å². The molecule has 0 atom stereocenters. The number of benzene rings is 2. The molecule has 1 heterocycles. The summed E-state index contributed by atoms with van der Waals surface area (Å²) in [6.07, 6.45) is 0. The quantitative estimate of drug-likeness (QED) is 0.705. The van der Waals surface area contributed by atoms with Gasteiger partial charge in [-0.3, -0.25) is 4.79 Å². The van der Waals surface area contributed by atoms with E-state index in [0.29, 0.717) is 37.8 Å². The standard InChI is InChI=1S/C19H20Cl2N2O5S/c1-3-23(4-2)29(25,26)13-5-6-14(20)16(11-13)22-19(24)12-9-15(21)18-17(10-12)27-7-8-28-18/h5-6,9-11H,3-4,7-8H2,1-2H3,(H,22,24). The van der Waals surface area contributed by atoms with Crippen molar-refractivity contribution in [2.75, 3.05) is 31.6 Å². The van der Waals surface area contributed by atoms with Crippen LogP contribution < -0.4 is 14.8 Å². The molecule has 0 radical (unpaired) electrons. The van der Waals surface area contributed by atoms with Crippen molar-refractivity contribution in [3.05, 3.63) is 45.9 Å². The molecule has 1 amide bonds. The van der Waals surface area contributed by atoms with E-state index >= 15 is 0 Å². The number of sulfonamides is 1. The lowest BCUT2D eigenvalue weighted by atomic mass is 10.1. The van der Waals surface area contributed by atoms with Crippen LogP contribution in [0, 0.1) is 0 Å². The second-order valence-corrected chi connectivity index (χ2v) is 8.92. The van der Waals surface area contributed by atoms with Crippen molar-refractivity contribution in [3.8, 4) is 11.5 Å². The van der Waals surface area contributed by atoms with Gasteiger partial charge in [0.05, 0.1) is 20.6 Å². The Morgan fingerprint density at radius 1 is 1.07 bits per heavy atom. The number of hydrogen-bond donors (Lipinski definition) is 1. The Morgan fingerprint density at radius 3 is 2.45 bits per heavy atom. The van der Waals surface area contributed by atoms with Crippen molar-refractivity contribution in [1.29, 1.82) is 0 Å². The number of hydrogen-bond acceptors (Lipinski definition) is 5. The van der Waals surface area contributed by atoms with Gasteiger partial charge in [-0.25, -0.2) is 8.42 Å². The second-order valence-electron chi connectivity index (χ2n) is 6.17. The SMILES string of the molecule is CCN(CC)S(=O)(=O)c1ccc(Cl)c(NC(=O)c2cc(Cl)c3c(c2)OCCO3)c1. The average molecular weight is 459 g/mol. The maximum atomic E-state index is 12.7. The molecule has 3 rings (SSSR count). The highest BCUT2D eigenvalue weighted by Crippen LogP contribution is 2.38. The predicted molar refractivity (Wildman–Crippen MR) is 112 cm³/mol. The Hall–Kier alpha value is -2.00. The highest BCUT2D eigenvalue weighted by atomic mass is 35.5. The maximum absolute atomic E-state index is 12.7. The van der Waals surface area contributed by atoms with E-state index < -0.39 is 15.9 Å². The van der Waals surface area contributed by atoms with Gasteiger partial charge in [0.25, 0.3) is 5.91 Å². The average Bonchev–Trinajstić information content (AvgIpc) is 2.70. The van der Waals surface area contributed by atoms with E-state index in [2.05, 4.69) is 5.32 Å².